The number of nitrogens with zero attached hydrogens (tertiary/aromatic N) is 2. The van der Waals surface area contributed by atoms with E-state index in [0.717, 1.165) is 10.9 Å². The third kappa shape index (κ3) is 2.68. The minimum atomic E-state index is -0.369. The van der Waals surface area contributed by atoms with Crippen molar-refractivity contribution in [1.82, 2.24) is 10.4 Å². The maximum atomic E-state index is 12.5. The highest BCUT2D eigenvalue weighted by Gasteiger charge is 2.40. The van der Waals surface area contributed by atoms with Crippen LogP contribution in [-0.2, 0) is 0 Å². The Labute approximate surface area is 117 Å². The largest absolute Gasteiger partial charge is 0.497 e. The van der Waals surface area contributed by atoms with Crippen LogP contribution in [0.4, 0.5) is 0 Å². The summed E-state index contributed by atoms with van der Waals surface area (Å²) in [7, 11) is 3.30. The van der Waals surface area contributed by atoms with E-state index in [9.17, 15) is 4.79 Å². The molecule has 1 aliphatic heterocycles. The lowest BCUT2D eigenvalue weighted by Gasteiger charge is -2.28. The van der Waals surface area contributed by atoms with Gasteiger partial charge in [0.2, 0.25) is 0 Å². The highest BCUT2D eigenvalue weighted by atomic mass is 32.2. The molecule has 2 rings (SSSR count). The van der Waals surface area contributed by atoms with Gasteiger partial charge in [0, 0.05) is 12.6 Å². The predicted octanol–water partition coefficient (Wildman–Crippen LogP) is 2.11. The van der Waals surface area contributed by atoms with Gasteiger partial charge < -0.3 is 4.74 Å². The number of ether oxygens (including phenoxy) is 1. The summed E-state index contributed by atoms with van der Waals surface area (Å²) in [5.41, 5.74) is 3.63. The molecule has 0 radical (unpaired) electrons. The van der Waals surface area contributed by atoms with Crippen LogP contribution < -0.4 is 10.2 Å². The fraction of sp³-hybridized carbons (Fsp3) is 0.385. The van der Waals surface area contributed by atoms with E-state index in [1.54, 1.807) is 43.4 Å². The molecule has 1 amide bonds. The van der Waals surface area contributed by atoms with Crippen LogP contribution in [0.3, 0.4) is 0 Å². The number of carbonyl (C=O) groups excluding carboxylic acids is 1. The van der Waals surface area contributed by atoms with Crippen molar-refractivity contribution in [2.75, 3.05) is 14.2 Å². The summed E-state index contributed by atoms with van der Waals surface area (Å²) in [6.07, 6.45) is 0. The Morgan fingerprint density at radius 1 is 1.37 bits per heavy atom. The van der Waals surface area contributed by atoms with Crippen LogP contribution in [0.2, 0.25) is 0 Å². The van der Waals surface area contributed by atoms with E-state index in [0.29, 0.717) is 5.56 Å². The van der Waals surface area contributed by atoms with Crippen LogP contribution in [0.5, 0.6) is 5.75 Å². The number of amidine groups is 1. The highest BCUT2D eigenvalue weighted by molar-refractivity contribution is 8.15. The zero-order valence-electron chi connectivity index (χ0n) is 11.4. The van der Waals surface area contributed by atoms with E-state index in [4.69, 9.17) is 4.74 Å². The van der Waals surface area contributed by atoms with Gasteiger partial charge in [0.25, 0.3) is 5.91 Å². The summed E-state index contributed by atoms with van der Waals surface area (Å²) < 4.78 is 5.09. The van der Waals surface area contributed by atoms with Crippen molar-refractivity contribution in [3.8, 4) is 5.75 Å². The molecule has 1 aromatic carbocycles. The number of nitrogens with one attached hydrogen (secondary N) is 1. The first-order valence-corrected chi connectivity index (χ1v) is 6.70. The molecule has 0 aliphatic carbocycles. The van der Waals surface area contributed by atoms with Crippen LogP contribution in [0.1, 0.15) is 24.2 Å². The van der Waals surface area contributed by atoms with Gasteiger partial charge in [0.1, 0.15) is 10.6 Å². The minimum absolute atomic E-state index is 0.0844. The predicted molar refractivity (Wildman–Crippen MR) is 77.3 cm³/mol. The van der Waals surface area contributed by atoms with Gasteiger partial charge in [-0.3, -0.25) is 15.2 Å². The Kier molecular flexibility index (Phi) is 3.71. The average molecular weight is 279 g/mol. The Hall–Kier alpha value is -1.69. The molecule has 0 spiro atoms. The third-order valence-electron chi connectivity index (χ3n) is 2.84. The van der Waals surface area contributed by atoms with Gasteiger partial charge in [-0.2, -0.15) is 0 Å². The molecule has 1 heterocycles. The Morgan fingerprint density at radius 3 is 2.47 bits per heavy atom. The Morgan fingerprint density at radius 2 is 2.00 bits per heavy atom. The second kappa shape index (κ2) is 5.13. The average Bonchev–Trinajstić information content (AvgIpc) is 2.73. The number of aliphatic imine (C=N–C) groups is 1. The number of hydrogen-bond donors (Lipinski definition) is 1. The monoisotopic (exact) mass is 279 g/mol. The van der Waals surface area contributed by atoms with Gasteiger partial charge in [0.05, 0.1) is 7.11 Å². The van der Waals surface area contributed by atoms with Crippen LogP contribution >= 0.6 is 11.8 Å². The molecular weight excluding hydrogens is 262 g/mol. The number of thioether (sulfide) groups is 1. The lowest BCUT2D eigenvalue weighted by Crippen LogP contribution is -2.47. The quantitative estimate of drug-likeness (QED) is 0.901. The molecule has 5 nitrogen and oxygen atoms in total. The summed E-state index contributed by atoms with van der Waals surface area (Å²) >= 11 is 1.53. The maximum Gasteiger partial charge on any atom is 0.273 e. The summed E-state index contributed by atoms with van der Waals surface area (Å²) in [5.74, 6) is 0.647. The second-order valence-corrected chi connectivity index (χ2v) is 6.15. The van der Waals surface area contributed by atoms with E-state index in [1.807, 2.05) is 13.8 Å². The van der Waals surface area contributed by atoms with Crippen LogP contribution in [0, 0.1) is 0 Å². The molecular formula is C13H17N3O2S. The first kappa shape index (κ1) is 13.7. The SMILES string of the molecule is CN=C1NN(C(=O)c2ccc(OC)cc2)C(C)(C)S1. The van der Waals surface area contributed by atoms with Gasteiger partial charge in [-0.25, -0.2) is 5.01 Å². The molecule has 0 aromatic heterocycles. The zero-order valence-corrected chi connectivity index (χ0v) is 12.2. The van der Waals surface area contributed by atoms with Crippen molar-refractivity contribution in [2.45, 2.75) is 18.7 Å². The van der Waals surface area contributed by atoms with Gasteiger partial charge in [0.15, 0.2) is 5.17 Å². The summed E-state index contributed by atoms with van der Waals surface area (Å²) in [5, 5.41) is 2.34. The van der Waals surface area contributed by atoms with Crippen LogP contribution in [-0.4, -0.2) is 35.1 Å². The first-order valence-electron chi connectivity index (χ1n) is 5.89. The van der Waals surface area contributed by atoms with Gasteiger partial charge in [-0.05, 0) is 38.1 Å². The molecule has 1 fully saturated rings. The molecule has 0 saturated carbocycles. The van der Waals surface area contributed by atoms with Gasteiger partial charge >= 0.3 is 0 Å². The topological polar surface area (TPSA) is 53.9 Å². The van der Waals surface area contributed by atoms with Crippen LogP contribution in [0.25, 0.3) is 0 Å². The molecule has 0 bridgehead atoms. The van der Waals surface area contributed by atoms with Crippen molar-refractivity contribution in [1.29, 1.82) is 0 Å². The Balaban J connectivity index is 2.23. The van der Waals surface area contributed by atoms with Gasteiger partial charge in [-0.15, -0.1) is 0 Å². The normalized spacial score (nSPS) is 19.4. The van der Waals surface area contributed by atoms with Crippen molar-refractivity contribution >= 4 is 22.8 Å². The number of amides is 1. The van der Waals surface area contributed by atoms with Crippen molar-refractivity contribution in [3.63, 3.8) is 0 Å². The van der Waals surface area contributed by atoms with Gasteiger partial charge in [-0.1, -0.05) is 11.8 Å². The molecule has 6 heteroatoms. The number of hydrazine groups is 1. The lowest BCUT2D eigenvalue weighted by atomic mass is 10.2. The fourth-order valence-electron chi connectivity index (χ4n) is 1.79. The second-order valence-electron chi connectivity index (χ2n) is 4.56. The molecule has 0 unspecified atom stereocenters. The standard InChI is InChI=1S/C13H17N3O2S/c1-13(2)16(15-12(14-3)19-13)11(17)9-5-7-10(18-4)8-6-9/h5-8H,1-4H3,(H,14,15). The van der Waals surface area contributed by atoms with E-state index < -0.39 is 0 Å². The fourth-order valence-corrected chi connectivity index (χ4v) is 2.71. The van der Waals surface area contributed by atoms with Crippen LogP contribution in [0.15, 0.2) is 29.3 Å². The van der Waals surface area contributed by atoms with E-state index in [1.165, 1.54) is 11.8 Å². The van der Waals surface area contributed by atoms with Crippen molar-refractivity contribution in [3.05, 3.63) is 29.8 Å². The molecule has 1 N–H and O–H groups in total. The molecule has 0 atom stereocenters. The first-order chi connectivity index (χ1) is 8.97. The lowest BCUT2D eigenvalue weighted by molar-refractivity contribution is 0.0630. The number of methoxy groups -OCH3 is 1. The third-order valence-corrected chi connectivity index (χ3v) is 3.98. The molecule has 102 valence electrons. The zero-order chi connectivity index (χ0) is 14.0. The highest BCUT2D eigenvalue weighted by Crippen LogP contribution is 2.34. The number of carbonyl (C=O) groups is 1. The Bertz CT molecular complexity index is 511. The number of rotatable bonds is 2. The molecule has 1 aromatic rings. The van der Waals surface area contributed by atoms with E-state index >= 15 is 0 Å². The summed E-state index contributed by atoms with van der Waals surface area (Å²) in [6, 6.07) is 7.06. The van der Waals surface area contributed by atoms with Crippen molar-refractivity contribution in [2.24, 2.45) is 4.99 Å². The van der Waals surface area contributed by atoms with E-state index in [2.05, 4.69) is 10.4 Å². The number of hydrogen-bond acceptors (Lipinski definition) is 4. The summed E-state index contributed by atoms with van der Waals surface area (Å²) in [4.78, 5) is 16.2. The number of benzene rings is 1. The van der Waals surface area contributed by atoms with E-state index in [-0.39, 0.29) is 10.8 Å². The molecule has 1 aliphatic rings. The minimum Gasteiger partial charge on any atom is -0.497 e. The molecule has 1 saturated heterocycles. The summed E-state index contributed by atoms with van der Waals surface area (Å²) in [6.45, 7) is 3.95. The maximum absolute atomic E-state index is 12.5. The van der Waals surface area contributed by atoms with Crippen molar-refractivity contribution < 1.29 is 9.53 Å². The molecule has 19 heavy (non-hydrogen) atoms. The smallest absolute Gasteiger partial charge is 0.273 e.